The van der Waals surface area contributed by atoms with E-state index in [0.29, 0.717) is 25.1 Å². The minimum absolute atomic E-state index is 0.129. The molecule has 23 heavy (non-hydrogen) atoms. The fourth-order valence-corrected chi connectivity index (χ4v) is 2.27. The summed E-state index contributed by atoms with van der Waals surface area (Å²) in [5.74, 6) is 0.317. The summed E-state index contributed by atoms with van der Waals surface area (Å²) in [5, 5.41) is 2.87. The molecule has 0 saturated carbocycles. The van der Waals surface area contributed by atoms with E-state index in [0.717, 1.165) is 11.1 Å². The van der Waals surface area contributed by atoms with Crippen molar-refractivity contribution in [2.75, 3.05) is 6.54 Å². The molecule has 122 valence electrons. The van der Waals surface area contributed by atoms with Gasteiger partial charge < -0.3 is 10.1 Å². The monoisotopic (exact) mass is 315 g/mol. The second-order valence-electron chi connectivity index (χ2n) is 5.50. The number of rotatable bonds is 7. The predicted molar refractivity (Wildman–Crippen MR) is 89.0 cm³/mol. The highest BCUT2D eigenvalue weighted by molar-refractivity contribution is 5.81. The molecule has 0 aromatic heterocycles. The van der Waals surface area contributed by atoms with Gasteiger partial charge in [-0.25, -0.2) is 4.39 Å². The van der Waals surface area contributed by atoms with Gasteiger partial charge >= 0.3 is 0 Å². The molecule has 4 heteroatoms. The van der Waals surface area contributed by atoms with Crippen LogP contribution < -0.4 is 10.1 Å². The van der Waals surface area contributed by atoms with Crippen LogP contribution in [0.3, 0.4) is 0 Å². The van der Waals surface area contributed by atoms with Crippen LogP contribution in [0, 0.1) is 12.7 Å². The molecule has 0 radical (unpaired) electrons. The van der Waals surface area contributed by atoms with Crippen molar-refractivity contribution >= 4 is 5.91 Å². The summed E-state index contributed by atoms with van der Waals surface area (Å²) < 4.78 is 18.6. The molecule has 0 bridgehead atoms. The van der Waals surface area contributed by atoms with Gasteiger partial charge in [0.1, 0.15) is 11.6 Å². The molecule has 1 N–H and O–H groups in total. The number of carbonyl (C=O) groups is 1. The van der Waals surface area contributed by atoms with Gasteiger partial charge in [-0.15, -0.1) is 0 Å². The highest BCUT2D eigenvalue weighted by Gasteiger charge is 2.17. The van der Waals surface area contributed by atoms with E-state index in [1.54, 1.807) is 12.1 Å². The first-order valence-corrected chi connectivity index (χ1v) is 7.84. The van der Waals surface area contributed by atoms with E-state index in [1.165, 1.54) is 12.1 Å². The summed E-state index contributed by atoms with van der Waals surface area (Å²) in [6.45, 7) is 4.40. The maximum absolute atomic E-state index is 12.8. The summed E-state index contributed by atoms with van der Waals surface area (Å²) in [5.41, 5.74) is 2.08. The van der Waals surface area contributed by atoms with Gasteiger partial charge in [0.25, 0.3) is 5.91 Å². The Kier molecular flexibility index (Phi) is 6.15. The molecule has 2 rings (SSSR count). The van der Waals surface area contributed by atoms with E-state index in [-0.39, 0.29) is 11.7 Å². The number of aryl methyl sites for hydroxylation is 1. The van der Waals surface area contributed by atoms with Crippen molar-refractivity contribution in [1.29, 1.82) is 0 Å². The predicted octanol–water partition coefficient (Wildman–Crippen LogP) is 3.65. The Morgan fingerprint density at radius 2 is 1.96 bits per heavy atom. The third kappa shape index (κ3) is 5.40. The van der Waals surface area contributed by atoms with Gasteiger partial charge in [0, 0.05) is 6.54 Å². The third-order valence-corrected chi connectivity index (χ3v) is 3.56. The third-order valence-electron chi connectivity index (χ3n) is 3.56. The Balaban J connectivity index is 1.83. The molecule has 1 amide bonds. The number of amides is 1. The van der Waals surface area contributed by atoms with Crippen LogP contribution in [0.15, 0.2) is 48.5 Å². The second kappa shape index (κ2) is 8.32. The van der Waals surface area contributed by atoms with E-state index >= 15 is 0 Å². The Hall–Kier alpha value is -2.36. The summed E-state index contributed by atoms with van der Waals surface area (Å²) in [6, 6.07) is 13.9. The lowest BCUT2D eigenvalue weighted by Crippen LogP contribution is -2.38. The Morgan fingerprint density at radius 1 is 1.22 bits per heavy atom. The first-order valence-electron chi connectivity index (χ1n) is 7.84. The number of benzene rings is 2. The van der Waals surface area contributed by atoms with Crippen LogP contribution >= 0.6 is 0 Å². The zero-order valence-corrected chi connectivity index (χ0v) is 13.5. The molecular weight excluding hydrogens is 293 g/mol. The van der Waals surface area contributed by atoms with Gasteiger partial charge in [-0.05, 0) is 55.2 Å². The van der Waals surface area contributed by atoms with Crippen LogP contribution in [0.4, 0.5) is 4.39 Å². The Bertz CT molecular complexity index is 640. The van der Waals surface area contributed by atoms with Crippen molar-refractivity contribution in [1.82, 2.24) is 5.32 Å². The van der Waals surface area contributed by atoms with Crippen molar-refractivity contribution in [2.24, 2.45) is 0 Å². The topological polar surface area (TPSA) is 38.3 Å². The molecule has 0 unspecified atom stereocenters. The first kappa shape index (κ1) is 17.0. The summed E-state index contributed by atoms with van der Waals surface area (Å²) in [4.78, 5) is 12.2. The van der Waals surface area contributed by atoms with Crippen LogP contribution in [0.2, 0.25) is 0 Å². The van der Waals surface area contributed by atoms with Crippen molar-refractivity contribution in [3.05, 3.63) is 65.5 Å². The average molecular weight is 315 g/mol. The standard InChI is InChI=1S/C19H22FNO2/c1-3-18(23-17-6-4-5-14(2)13-17)19(22)21-12-11-15-7-9-16(20)10-8-15/h4-10,13,18H,3,11-12H2,1-2H3,(H,21,22)/t18-/m0/s1. The fourth-order valence-electron chi connectivity index (χ4n) is 2.27. The van der Waals surface area contributed by atoms with Crippen molar-refractivity contribution in [2.45, 2.75) is 32.8 Å². The molecule has 0 heterocycles. The molecule has 2 aromatic carbocycles. The van der Waals surface area contributed by atoms with Gasteiger partial charge in [-0.3, -0.25) is 4.79 Å². The normalized spacial score (nSPS) is 11.8. The Morgan fingerprint density at radius 3 is 2.61 bits per heavy atom. The molecule has 2 aromatic rings. The molecule has 0 aliphatic rings. The maximum atomic E-state index is 12.8. The molecule has 0 aliphatic carbocycles. The highest BCUT2D eigenvalue weighted by Crippen LogP contribution is 2.15. The number of ether oxygens (including phenoxy) is 1. The largest absolute Gasteiger partial charge is 0.481 e. The Labute approximate surface area is 136 Å². The maximum Gasteiger partial charge on any atom is 0.261 e. The first-order chi connectivity index (χ1) is 11.1. The minimum Gasteiger partial charge on any atom is -0.481 e. The van der Waals surface area contributed by atoms with E-state index in [2.05, 4.69) is 5.32 Å². The molecule has 0 spiro atoms. The van der Waals surface area contributed by atoms with E-state index in [9.17, 15) is 9.18 Å². The lowest BCUT2D eigenvalue weighted by Gasteiger charge is -2.17. The fraction of sp³-hybridized carbons (Fsp3) is 0.316. The molecule has 0 aliphatic heterocycles. The van der Waals surface area contributed by atoms with Crippen molar-refractivity contribution in [3.63, 3.8) is 0 Å². The number of hydrogen-bond donors (Lipinski definition) is 1. The number of carbonyl (C=O) groups excluding carboxylic acids is 1. The van der Waals surface area contributed by atoms with E-state index < -0.39 is 6.10 Å². The summed E-state index contributed by atoms with van der Waals surface area (Å²) in [6.07, 6.45) is 0.744. The number of nitrogens with one attached hydrogen (secondary N) is 1. The smallest absolute Gasteiger partial charge is 0.261 e. The lowest BCUT2D eigenvalue weighted by atomic mass is 10.1. The lowest BCUT2D eigenvalue weighted by molar-refractivity contribution is -0.128. The van der Waals surface area contributed by atoms with Gasteiger partial charge in [-0.2, -0.15) is 0 Å². The van der Waals surface area contributed by atoms with Gasteiger partial charge in [0.05, 0.1) is 0 Å². The summed E-state index contributed by atoms with van der Waals surface area (Å²) >= 11 is 0. The quantitative estimate of drug-likeness (QED) is 0.847. The minimum atomic E-state index is -0.509. The van der Waals surface area contributed by atoms with Crippen molar-refractivity contribution in [3.8, 4) is 5.75 Å². The van der Waals surface area contributed by atoms with Crippen molar-refractivity contribution < 1.29 is 13.9 Å². The number of hydrogen-bond acceptors (Lipinski definition) is 2. The van der Waals surface area contributed by atoms with Crippen LogP contribution in [-0.2, 0) is 11.2 Å². The molecular formula is C19H22FNO2. The SMILES string of the molecule is CC[C@H](Oc1cccc(C)c1)C(=O)NCCc1ccc(F)cc1. The second-order valence-corrected chi connectivity index (χ2v) is 5.50. The van der Waals surface area contributed by atoms with Gasteiger partial charge in [0.2, 0.25) is 0 Å². The molecule has 3 nitrogen and oxygen atoms in total. The van der Waals surface area contributed by atoms with Crippen LogP contribution in [-0.4, -0.2) is 18.6 Å². The molecule has 1 atom stereocenters. The van der Waals surface area contributed by atoms with Crippen LogP contribution in [0.5, 0.6) is 5.75 Å². The summed E-state index contributed by atoms with van der Waals surface area (Å²) in [7, 11) is 0. The van der Waals surface area contributed by atoms with Gasteiger partial charge in [0.15, 0.2) is 6.10 Å². The van der Waals surface area contributed by atoms with Crippen LogP contribution in [0.25, 0.3) is 0 Å². The highest BCUT2D eigenvalue weighted by atomic mass is 19.1. The van der Waals surface area contributed by atoms with Gasteiger partial charge in [-0.1, -0.05) is 31.2 Å². The zero-order chi connectivity index (χ0) is 16.7. The van der Waals surface area contributed by atoms with E-state index in [1.807, 2.05) is 38.1 Å². The average Bonchev–Trinajstić information content (AvgIpc) is 2.54. The van der Waals surface area contributed by atoms with E-state index in [4.69, 9.17) is 4.74 Å². The number of halogens is 1. The molecule has 0 saturated heterocycles. The zero-order valence-electron chi connectivity index (χ0n) is 13.5. The molecule has 0 fully saturated rings. The van der Waals surface area contributed by atoms with Crippen LogP contribution in [0.1, 0.15) is 24.5 Å².